The van der Waals surface area contributed by atoms with Gasteiger partial charge in [-0.3, -0.25) is 4.79 Å². The molecule has 0 saturated carbocycles. The summed E-state index contributed by atoms with van der Waals surface area (Å²) in [5, 5.41) is 21.8. The standard InChI is InChI=1S/C20H24N2O4/c1-12(2)18(20(25)26)22-19(24)16(21)11-13-8-9-17(23)15(10-13)14-6-4-3-5-7-14/h3-10,12,16,18,23H,11,21H2,1-2H3,(H,22,24)(H,25,26)/t16-,18-/m0/s1. The van der Waals surface area contributed by atoms with Crippen molar-refractivity contribution in [2.24, 2.45) is 11.7 Å². The summed E-state index contributed by atoms with van der Waals surface area (Å²) in [5.41, 5.74) is 8.25. The molecule has 2 rings (SSSR count). The average Bonchev–Trinajstić information content (AvgIpc) is 2.61. The van der Waals surface area contributed by atoms with Crippen LogP contribution in [0.2, 0.25) is 0 Å². The van der Waals surface area contributed by atoms with E-state index in [1.807, 2.05) is 30.3 Å². The van der Waals surface area contributed by atoms with E-state index in [9.17, 15) is 19.8 Å². The van der Waals surface area contributed by atoms with Crippen LogP contribution in [-0.2, 0) is 16.0 Å². The lowest BCUT2D eigenvalue weighted by atomic mass is 9.98. The number of aliphatic carboxylic acids is 1. The van der Waals surface area contributed by atoms with Gasteiger partial charge in [0.15, 0.2) is 0 Å². The topological polar surface area (TPSA) is 113 Å². The van der Waals surface area contributed by atoms with Crippen LogP contribution in [0.15, 0.2) is 48.5 Å². The largest absolute Gasteiger partial charge is 0.507 e. The smallest absolute Gasteiger partial charge is 0.326 e. The molecule has 6 heteroatoms. The van der Waals surface area contributed by atoms with E-state index in [0.717, 1.165) is 11.1 Å². The number of carboxylic acid groups (broad SMARTS) is 1. The quantitative estimate of drug-likeness (QED) is 0.607. The van der Waals surface area contributed by atoms with Crippen molar-refractivity contribution in [2.75, 3.05) is 0 Å². The molecule has 0 spiro atoms. The fraction of sp³-hybridized carbons (Fsp3) is 0.300. The van der Waals surface area contributed by atoms with E-state index in [4.69, 9.17) is 5.73 Å². The van der Waals surface area contributed by atoms with Crippen molar-refractivity contribution in [2.45, 2.75) is 32.4 Å². The molecule has 2 aromatic carbocycles. The fourth-order valence-electron chi connectivity index (χ4n) is 2.68. The molecule has 2 atom stereocenters. The third kappa shape index (κ3) is 4.83. The van der Waals surface area contributed by atoms with Gasteiger partial charge in [-0.25, -0.2) is 4.79 Å². The highest BCUT2D eigenvalue weighted by Crippen LogP contribution is 2.30. The summed E-state index contributed by atoms with van der Waals surface area (Å²) in [4.78, 5) is 23.5. The lowest BCUT2D eigenvalue weighted by Gasteiger charge is -2.20. The first-order valence-corrected chi connectivity index (χ1v) is 8.45. The van der Waals surface area contributed by atoms with Crippen LogP contribution in [0, 0.1) is 5.92 Å². The van der Waals surface area contributed by atoms with Gasteiger partial charge in [-0.1, -0.05) is 50.2 Å². The average molecular weight is 356 g/mol. The Morgan fingerprint density at radius 2 is 1.77 bits per heavy atom. The van der Waals surface area contributed by atoms with Crippen molar-refractivity contribution in [3.8, 4) is 16.9 Å². The van der Waals surface area contributed by atoms with Gasteiger partial charge in [0, 0.05) is 5.56 Å². The van der Waals surface area contributed by atoms with Gasteiger partial charge in [0.1, 0.15) is 11.8 Å². The van der Waals surface area contributed by atoms with Crippen LogP contribution in [-0.4, -0.2) is 34.2 Å². The second kappa shape index (κ2) is 8.49. The molecule has 0 aliphatic rings. The first-order valence-electron chi connectivity index (χ1n) is 8.45. The van der Waals surface area contributed by atoms with Crippen LogP contribution in [0.25, 0.3) is 11.1 Å². The Balaban J connectivity index is 2.13. The number of phenolic OH excluding ortho intramolecular Hbond substituents is 1. The zero-order chi connectivity index (χ0) is 19.3. The van der Waals surface area contributed by atoms with Gasteiger partial charge in [-0.15, -0.1) is 0 Å². The molecule has 0 aliphatic carbocycles. The summed E-state index contributed by atoms with van der Waals surface area (Å²) in [6.45, 7) is 3.44. The number of carboxylic acids is 1. The number of carbonyl (C=O) groups is 2. The number of nitrogens with one attached hydrogen (secondary N) is 1. The molecule has 0 radical (unpaired) electrons. The molecule has 26 heavy (non-hydrogen) atoms. The third-order valence-electron chi connectivity index (χ3n) is 4.17. The van der Waals surface area contributed by atoms with Crippen molar-refractivity contribution in [1.82, 2.24) is 5.32 Å². The molecule has 0 fully saturated rings. The van der Waals surface area contributed by atoms with E-state index in [1.54, 1.807) is 32.0 Å². The molecule has 5 N–H and O–H groups in total. The SMILES string of the molecule is CC(C)[C@H](NC(=O)[C@@H](N)Cc1ccc(O)c(-c2ccccc2)c1)C(=O)O. The molecule has 0 bridgehead atoms. The minimum absolute atomic E-state index is 0.142. The number of rotatable bonds is 7. The van der Waals surface area contributed by atoms with E-state index < -0.39 is 24.0 Å². The Labute approximate surface area is 152 Å². The maximum Gasteiger partial charge on any atom is 0.326 e. The Bertz CT molecular complexity index is 775. The van der Waals surface area contributed by atoms with Crippen molar-refractivity contribution in [1.29, 1.82) is 0 Å². The molecule has 138 valence electrons. The van der Waals surface area contributed by atoms with Crippen LogP contribution in [0.5, 0.6) is 5.75 Å². The van der Waals surface area contributed by atoms with Crippen molar-refractivity contribution < 1.29 is 19.8 Å². The number of benzene rings is 2. The van der Waals surface area contributed by atoms with E-state index in [2.05, 4.69) is 5.32 Å². The highest BCUT2D eigenvalue weighted by atomic mass is 16.4. The lowest BCUT2D eigenvalue weighted by molar-refractivity contribution is -0.143. The normalized spacial score (nSPS) is 13.2. The maximum absolute atomic E-state index is 12.2. The minimum Gasteiger partial charge on any atom is -0.507 e. The van der Waals surface area contributed by atoms with Crippen molar-refractivity contribution in [3.05, 3.63) is 54.1 Å². The van der Waals surface area contributed by atoms with Crippen LogP contribution < -0.4 is 11.1 Å². The van der Waals surface area contributed by atoms with E-state index in [1.165, 1.54) is 0 Å². The minimum atomic E-state index is -1.09. The number of hydrogen-bond donors (Lipinski definition) is 4. The molecule has 0 unspecified atom stereocenters. The van der Waals surface area contributed by atoms with Crippen LogP contribution in [0.4, 0.5) is 0 Å². The van der Waals surface area contributed by atoms with E-state index in [-0.39, 0.29) is 18.1 Å². The van der Waals surface area contributed by atoms with Gasteiger partial charge in [0.2, 0.25) is 5.91 Å². The molecule has 0 aliphatic heterocycles. The Hall–Kier alpha value is -2.86. The third-order valence-corrected chi connectivity index (χ3v) is 4.17. The molecule has 0 heterocycles. The molecule has 6 nitrogen and oxygen atoms in total. The van der Waals surface area contributed by atoms with Crippen LogP contribution in [0.1, 0.15) is 19.4 Å². The number of carbonyl (C=O) groups excluding carboxylic acids is 1. The Morgan fingerprint density at radius 1 is 1.12 bits per heavy atom. The number of aromatic hydroxyl groups is 1. The molecule has 0 saturated heterocycles. The van der Waals surface area contributed by atoms with Gasteiger partial charge in [-0.05, 0) is 35.6 Å². The van der Waals surface area contributed by atoms with Crippen LogP contribution in [0.3, 0.4) is 0 Å². The highest BCUT2D eigenvalue weighted by Gasteiger charge is 2.26. The van der Waals surface area contributed by atoms with Crippen molar-refractivity contribution in [3.63, 3.8) is 0 Å². The number of phenols is 1. The van der Waals surface area contributed by atoms with E-state index in [0.29, 0.717) is 5.56 Å². The summed E-state index contributed by atoms with van der Waals surface area (Å²) in [7, 11) is 0. The molecule has 1 amide bonds. The number of amides is 1. The number of nitrogens with two attached hydrogens (primary N) is 1. The Kier molecular flexibility index (Phi) is 6.36. The summed E-state index contributed by atoms with van der Waals surface area (Å²) in [5.74, 6) is -1.71. The van der Waals surface area contributed by atoms with Gasteiger partial charge in [0.05, 0.1) is 6.04 Å². The highest BCUT2D eigenvalue weighted by molar-refractivity contribution is 5.87. The summed E-state index contributed by atoms with van der Waals surface area (Å²) < 4.78 is 0. The monoisotopic (exact) mass is 356 g/mol. The lowest BCUT2D eigenvalue weighted by Crippen LogP contribution is -2.51. The van der Waals surface area contributed by atoms with Gasteiger partial charge >= 0.3 is 5.97 Å². The van der Waals surface area contributed by atoms with Gasteiger partial charge in [0.25, 0.3) is 0 Å². The van der Waals surface area contributed by atoms with Crippen molar-refractivity contribution >= 4 is 11.9 Å². The maximum atomic E-state index is 12.2. The van der Waals surface area contributed by atoms with E-state index >= 15 is 0 Å². The van der Waals surface area contributed by atoms with Crippen LogP contribution >= 0.6 is 0 Å². The molecular formula is C20H24N2O4. The van der Waals surface area contributed by atoms with Gasteiger partial charge < -0.3 is 21.3 Å². The Morgan fingerprint density at radius 3 is 2.35 bits per heavy atom. The molecule has 0 aromatic heterocycles. The number of hydrogen-bond acceptors (Lipinski definition) is 4. The summed E-state index contributed by atoms with van der Waals surface area (Å²) in [6, 6.07) is 12.6. The first kappa shape index (κ1) is 19.5. The summed E-state index contributed by atoms with van der Waals surface area (Å²) >= 11 is 0. The molecular weight excluding hydrogens is 332 g/mol. The zero-order valence-electron chi connectivity index (χ0n) is 14.8. The first-order chi connectivity index (χ1) is 12.3. The molecule has 2 aromatic rings. The predicted octanol–water partition coefficient (Wildman–Crippen LogP) is 2.15. The zero-order valence-corrected chi connectivity index (χ0v) is 14.8. The second-order valence-electron chi connectivity index (χ2n) is 6.60. The predicted molar refractivity (Wildman–Crippen MR) is 99.6 cm³/mol. The van der Waals surface area contributed by atoms with Gasteiger partial charge in [-0.2, -0.15) is 0 Å². The fourth-order valence-corrected chi connectivity index (χ4v) is 2.68. The summed E-state index contributed by atoms with van der Waals surface area (Å²) in [6.07, 6.45) is 0.233. The second-order valence-corrected chi connectivity index (χ2v) is 6.60.